The topological polar surface area (TPSA) is 134 Å². The van der Waals surface area contributed by atoms with Gasteiger partial charge in [0.25, 0.3) is 0 Å². The Hall–Kier alpha value is -4.87. The zero-order valence-electron chi connectivity index (χ0n) is 31.0. The molecule has 53 heavy (non-hydrogen) atoms. The number of hydrogen-bond acceptors (Lipinski definition) is 11. The Morgan fingerprint density at radius 1 is 1.09 bits per heavy atom. The lowest BCUT2D eigenvalue weighted by atomic mass is 9.92. The Bertz CT molecular complexity index is 2050. The minimum atomic E-state index is -0.938. The predicted octanol–water partition coefficient (Wildman–Crippen LogP) is 6.73. The number of likely N-dealkylation sites (tertiary alicyclic amines) is 1. The van der Waals surface area contributed by atoms with Crippen molar-refractivity contribution in [3.8, 4) is 35.9 Å². The number of fused-ring (bicyclic) bond motifs is 2. The fourth-order valence-electron chi connectivity index (χ4n) is 7.33. The summed E-state index contributed by atoms with van der Waals surface area (Å²) in [5.41, 5.74) is -0.519. The zero-order chi connectivity index (χ0) is 37.5. The number of methoxy groups -OCH3 is 1. The molecule has 2 aliphatic heterocycles. The van der Waals surface area contributed by atoms with Gasteiger partial charge in [0.1, 0.15) is 35.0 Å². The van der Waals surface area contributed by atoms with E-state index in [9.17, 15) is 9.90 Å². The van der Waals surface area contributed by atoms with Crippen molar-refractivity contribution in [2.24, 2.45) is 0 Å². The highest BCUT2D eigenvalue weighted by Gasteiger charge is 2.36. The number of aromatic nitrogens is 4. The second-order valence-corrected chi connectivity index (χ2v) is 15.4. The number of halogens is 1. The van der Waals surface area contributed by atoms with Crippen LogP contribution in [0.2, 0.25) is 0 Å². The molecule has 14 heteroatoms. The van der Waals surface area contributed by atoms with Crippen LogP contribution in [-0.2, 0) is 9.47 Å². The minimum Gasteiger partial charge on any atom is -0.467 e. The molecule has 7 rings (SSSR count). The summed E-state index contributed by atoms with van der Waals surface area (Å²) < 4.78 is 46.6. The number of ether oxygens (including phenoxy) is 5. The average Bonchev–Trinajstić information content (AvgIpc) is 3.69. The van der Waals surface area contributed by atoms with Gasteiger partial charge in [0.05, 0.1) is 17.2 Å². The van der Waals surface area contributed by atoms with Gasteiger partial charge in [0.2, 0.25) is 0 Å². The summed E-state index contributed by atoms with van der Waals surface area (Å²) in [6.45, 7) is 9.07. The molecule has 1 N–H and O–H groups in total. The molecule has 3 aliphatic rings. The number of anilines is 1. The van der Waals surface area contributed by atoms with Crippen molar-refractivity contribution in [2.75, 3.05) is 45.0 Å². The molecular formula is C39H47FN6O7. The van der Waals surface area contributed by atoms with Gasteiger partial charge in [-0.3, -0.25) is 4.57 Å². The molecule has 4 heterocycles. The van der Waals surface area contributed by atoms with Crippen LogP contribution in [0.5, 0.6) is 23.5 Å². The van der Waals surface area contributed by atoms with E-state index in [1.807, 2.05) is 37.2 Å². The van der Waals surface area contributed by atoms with Crippen LogP contribution in [0.4, 0.5) is 15.0 Å². The van der Waals surface area contributed by atoms with Crippen LogP contribution in [0.25, 0.3) is 21.9 Å². The molecule has 13 nitrogen and oxygen atoms in total. The monoisotopic (exact) mass is 730 g/mol. The Balaban J connectivity index is 1.32. The number of piperidine rings is 1. The molecule has 282 valence electrons. The van der Waals surface area contributed by atoms with Gasteiger partial charge in [-0.15, -0.1) is 6.42 Å². The summed E-state index contributed by atoms with van der Waals surface area (Å²) >= 11 is 0. The van der Waals surface area contributed by atoms with Crippen LogP contribution in [0, 0.1) is 18.2 Å². The van der Waals surface area contributed by atoms with Crippen LogP contribution >= 0.6 is 0 Å². The number of amides is 1. The van der Waals surface area contributed by atoms with Gasteiger partial charge in [0, 0.05) is 44.2 Å². The first-order chi connectivity index (χ1) is 25.3. The number of imidazole rings is 1. The van der Waals surface area contributed by atoms with Crippen LogP contribution in [-0.4, -0.2) is 93.0 Å². The molecular weight excluding hydrogens is 683 g/mol. The molecule has 1 aliphatic carbocycles. The number of nitrogens with zero attached hydrogens (tertiary/aromatic N) is 6. The molecule has 2 aromatic carbocycles. The van der Waals surface area contributed by atoms with Gasteiger partial charge >= 0.3 is 18.1 Å². The highest BCUT2D eigenvalue weighted by Crippen LogP contribution is 2.44. The molecule has 1 amide bonds. The second-order valence-electron chi connectivity index (χ2n) is 15.4. The van der Waals surface area contributed by atoms with E-state index in [0.29, 0.717) is 59.6 Å². The molecule has 2 aromatic heterocycles. The molecule has 0 bridgehead atoms. The van der Waals surface area contributed by atoms with Crippen LogP contribution < -0.4 is 19.1 Å². The first-order valence-electron chi connectivity index (χ1n) is 18.3. The lowest BCUT2D eigenvalue weighted by molar-refractivity contribution is 0.0184. The van der Waals surface area contributed by atoms with Gasteiger partial charge in [-0.05, 0) is 90.2 Å². The maximum Gasteiger partial charge on any atom is 0.410 e. The fraction of sp³-hybridized carbons (Fsp3) is 0.538. The number of carbonyl (C=O) groups is 1. The molecule has 2 saturated heterocycles. The quantitative estimate of drug-likeness (QED) is 0.138. The number of terminal acetylenes is 1. The largest absolute Gasteiger partial charge is 0.467 e. The third-order valence-electron chi connectivity index (χ3n) is 9.99. The number of rotatable bonds is 10. The molecule has 1 saturated carbocycles. The molecule has 0 unspecified atom stereocenters. The van der Waals surface area contributed by atoms with Crippen LogP contribution in [0.15, 0.2) is 24.3 Å². The van der Waals surface area contributed by atoms with E-state index in [1.54, 1.807) is 23.1 Å². The second kappa shape index (κ2) is 14.5. The number of hydrogen-bond donors (Lipinski definition) is 1. The van der Waals surface area contributed by atoms with Crippen molar-refractivity contribution in [1.29, 1.82) is 0 Å². The van der Waals surface area contributed by atoms with Gasteiger partial charge in [-0.1, -0.05) is 12.0 Å². The fourth-order valence-corrected chi connectivity index (χ4v) is 7.33. The van der Waals surface area contributed by atoms with E-state index in [1.165, 1.54) is 13.2 Å². The van der Waals surface area contributed by atoms with Crippen molar-refractivity contribution < 1.29 is 38.0 Å². The summed E-state index contributed by atoms with van der Waals surface area (Å²) in [5, 5.41) is 12.2. The van der Waals surface area contributed by atoms with E-state index >= 15 is 4.39 Å². The van der Waals surface area contributed by atoms with E-state index in [0.717, 1.165) is 38.5 Å². The number of β-amino-alcohol motifs (C(OH)–C–C–N with tert-alkyl or cyclic N) is 1. The summed E-state index contributed by atoms with van der Waals surface area (Å²) in [7, 11) is 1.52. The SMILES string of the molecule is C#Cc1c(F)ccc2cc(OCOC)cc(Oc3nc4nc(OC[C@@H]5CCCN5C(=O)OC(C)(C)C)nc(N5CCC[C@@](C)(O)C5)c4n3C3CCC3)c12. The van der Waals surface area contributed by atoms with E-state index < -0.39 is 17.0 Å². The van der Waals surface area contributed by atoms with Gasteiger partial charge in [0.15, 0.2) is 18.3 Å². The Kier molecular flexibility index (Phi) is 9.99. The predicted molar refractivity (Wildman–Crippen MR) is 196 cm³/mol. The van der Waals surface area contributed by atoms with Crippen molar-refractivity contribution in [2.45, 2.75) is 95.9 Å². The van der Waals surface area contributed by atoms with E-state index in [4.69, 9.17) is 45.1 Å². The number of carbonyl (C=O) groups excluding carboxylic acids is 1. The lowest BCUT2D eigenvalue weighted by Gasteiger charge is -2.38. The normalized spacial score (nSPS) is 20.8. The van der Waals surface area contributed by atoms with Crippen molar-refractivity contribution in [3.63, 3.8) is 0 Å². The lowest BCUT2D eigenvalue weighted by Crippen LogP contribution is -2.46. The smallest absolute Gasteiger partial charge is 0.410 e. The van der Waals surface area contributed by atoms with Gasteiger partial charge in [-0.2, -0.15) is 15.0 Å². The maximum atomic E-state index is 15.1. The molecule has 0 spiro atoms. The van der Waals surface area contributed by atoms with Gasteiger partial charge in [-0.25, -0.2) is 9.18 Å². The van der Waals surface area contributed by atoms with Crippen molar-refractivity contribution >= 4 is 33.8 Å². The van der Waals surface area contributed by atoms with Crippen LogP contribution in [0.3, 0.4) is 0 Å². The summed E-state index contributed by atoms with van der Waals surface area (Å²) in [6.07, 6.45) is 11.2. The first kappa shape index (κ1) is 36.5. The third-order valence-corrected chi connectivity index (χ3v) is 9.99. The molecule has 4 aromatic rings. The Morgan fingerprint density at radius 3 is 2.60 bits per heavy atom. The van der Waals surface area contributed by atoms with Crippen LogP contribution in [0.1, 0.15) is 84.2 Å². The Labute approximate surface area is 308 Å². The molecule has 0 radical (unpaired) electrons. The highest BCUT2D eigenvalue weighted by molar-refractivity contribution is 5.95. The van der Waals surface area contributed by atoms with Crippen molar-refractivity contribution in [3.05, 3.63) is 35.6 Å². The van der Waals surface area contributed by atoms with Gasteiger partial charge < -0.3 is 38.6 Å². The van der Waals surface area contributed by atoms with Crippen molar-refractivity contribution in [1.82, 2.24) is 24.4 Å². The summed E-state index contributed by atoms with van der Waals surface area (Å²) in [4.78, 5) is 31.4. The average molecular weight is 731 g/mol. The maximum absolute atomic E-state index is 15.1. The number of aliphatic hydroxyl groups is 1. The zero-order valence-corrected chi connectivity index (χ0v) is 31.0. The molecule has 2 atom stereocenters. The van der Waals surface area contributed by atoms with E-state index in [-0.39, 0.29) is 54.9 Å². The summed E-state index contributed by atoms with van der Waals surface area (Å²) in [5.74, 6) is 3.19. The first-order valence-corrected chi connectivity index (χ1v) is 18.3. The number of benzene rings is 2. The van der Waals surface area contributed by atoms with E-state index in [2.05, 4.69) is 5.92 Å². The third kappa shape index (κ3) is 7.63. The summed E-state index contributed by atoms with van der Waals surface area (Å²) in [6, 6.07) is 6.46. The standard InChI is InChI=1S/C39H47FN6O7/c1-7-28-29(40)15-14-24-19-27(51-23-49-6)20-30(31(24)28)52-36-42-33-32(46(36)25-11-8-12-25)34(44-17-10-16-39(5,48)22-44)43-35(41-33)50-21-26-13-9-18-45(26)37(47)53-38(2,3)4/h1,14-15,19-20,25-26,48H,8-13,16-18,21-23H2,2-6H3/t26-,39+/m0/s1. The molecule has 3 fully saturated rings. The Morgan fingerprint density at radius 2 is 1.91 bits per heavy atom. The highest BCUT2D eigenvalue weighted by atomic mass is 19.1. The minimum absolute atomic E-state index is 0.00749.